The first-order valence-corrected chi connectivity index (χ1v) is 7.68. The van der Waals surface area contributed by atoms with Gasteiger partial charge in [-0.3, -0.25) is 4.90 Å². The fourth-order valence-corrected chi connectivity index (χ4v) is 3.35. The van der Waals surface area contributed by atoms with E-state index in [1.165, 1.54) is 11.1 Å². The Morgan fingerprint density at radius 3 is 2.40 bits per heavy atom. The van der Waals surface area contributed by atoms with Crippen LogP contribution in [0.2, 0.25) is 0 Å². The zero-order valence-electron chi connectivity index (χ0n) is 13.0. The Morgan fingerprint density at radius 1 is 1.15 bits per heavy atom. The first kappa shape index (κ1) is 15.5. The summed E-state index contributed by atoms with van der Waals surface area (Å²) in [6, 6.07) is 8.72. The minimum atomic E-state index is 0.310. The van der Waals surface area contributed by atoms with E-state index >= 15 is 0 Å². The summed E-state index contributed by atoms with van der Waals surface area (Å²) in [5.74, 6) is 1.01. The highest BCUT2D eigenvalue weighted by molar-refractivity contribution is 5.27. The maximum atomic E-state index is 9.59. The average molecular weight is 276 g/mol. The number of aryl methyl sites for hydroxylation is 1. The fourth-order valence-electron chi connectivity index (χ4n) is 3.35. The lowest BCUT2D eigenvalue weighted by Crippen LogP contribution is -2.28. The van der Waals surface area contributed by atoms with Crippen LogP contribution in [0.1, 0.15) is 18.1 Å². The topological polar surface area (TPSA) is 26.7 Å². The molecule has 2 rings (SSSR count). The maximum absolute atomic E-state index is 9.59. The second kappa shape index (κ2) is 7.21. The van der Waals surface area contributed by atoms with Crippen LogP contribution in [0.15, 0.2) is 24.3 Å². The second-order valence-electron chi connectivity index (χ2n) is 6.28. The van der Waals surface area contributed by atoms with Gasteiger partial charge in [-0.1, -0.05) is 31.2 Å². The maximum Gasteiger partial charge on any atom is 0.0475 e. The molecule has 1 aromatic rings. The van der Waals surface area contributed by atoms with Crippen LogP contribution >= 0.6 is 0 Å². The van der Waals surface area contributed by atoms with Crippen LogP contribution in [-0.2, 0) is 13.0 Å². The molecule has 0 aliphatic carbocycles. The molecule has 0 bridgehead atoms. The van der Waals surface area contributed by atoms with E-state index in [0.29, 0.717) is 18.4 Å². The van der Waals surface area contributed by atoms with Crippen LogP contribution in [0.4, 0.5) is 0 Å². The van der Waals surface area contributed by atoms with Crippen molar-refractivity contribution in [3.8, 4) is 0 Å². The summed E-state index contributed by atoms with van der Waals surface area (Å²) in [6.45, 7) is 6.73. The molecule has 1 saturated heterocycles. The number of aliphatic hydroxyl groups is 1. The largest absolute Gasteiger partial charge is 0.396 e. The van der Waals surface area contributed by atoms with E-state index in [2.05, 4.69) is 55.1 Å². The van der Waals surface area contributed by atoms with E-state index in [1.54, 1.807) is 0 Å². The summed E-state index contributed by atoms with van der Waals surface area (Å²) in [4.78, 5) is 4.74. The van der Waals surface area contributed by atoms with Crippen molar-refractivity contribution < 1.29 is 5.11 Å². The van der Waals surface area contributed by atoms with E-state index in [1.807, 2.05) is 0 Å². The first-order valence-electron chi connectivity index (χ1n) is 7.68. The Balaban J connectivity index is 2.00. The van der Waals surface area contributed by atoms with Crippen molar-refractivity contribution in [1.29, 1.82) is 0 Å². The van der Waals surface area contributed by atoms with Gasteiger partial charge in [-0.05, 0) is 43.5 Å². The SMILES string of the molecule is CCc1ccccc1CN1CC(CO)C(CN(C)C)C1. The van der Waals surface area contributed by atoms with Crippen LogP contribution in [-0.4, -0.2) is 55.2 Å². The third-order valence-electron chi connectivity index (χ3n) is 4.38. The number of benzene rings is 1. The molecule has 3 nitrogen and oxygen atoms in total. The highest BCUT2D eigenvalue weighted by atomic mass is 16.3. The van der Waals surface area contributed by atoms with Crippen LogP contribution in [0, 0.1) is 11.8 Å². The molecule has 2 atom stereocenters. The van der Waals surface area contributed by atoms with Gasteiger partial charge in [0.2, 0.25) is 0 Å². The van der Waals surface area contributed by atoms with Gasteiger partial charge in [-0.15, -0.1) is 0 Å². The van der Waals surface area contributed by atoms with E-state index in [4.69, 9.17) is 0 Å². The number of hydrogen-bond acceptors (Lipinski definition) is 3. The Bertz CT molecular complexity index is 419. The van der Waals surface area contributed by atoms with Crippen LogP contribution in [0.5, 0.6) is 0 Å². The summed E-state index contributed by atoms with van der Waals surface area (Å²) < 4.78 is 0. The lowest BCUT2D eigenvalue weighted by atomic mass is 9.97. The molecule has 1 fully saturated rings. The zero-order chi connectivity index (χ0) is 14.5. The lowest BCUT2D eigenvalue weighted by Gasteiger charge is -2.20. The lowest BCUT2D eigenvalue weighted by molar-refractivity contribution is 0.183. The van der Waals surface area contributed by atoms with Gasteiger partial charge < -0.3 is 10.0 Å². The van der Waals surface area contributed by atoms with Crippen molar-refractivity contribution in [2.75, 3.05) is 40.3 Å². The number of aliphatic hydroxyl groups excluding tert-OH is 1. The minimum absolute atomic E-state index is 0.310. The smallest absolute Gasteiger partial charge is 0.0475 e. The molecule has 1 aromatic carbocycles. The molecule has 2 unspecified atom stereocenters. The molecule has 1 aliphatic heterocycles. The monoisotopic (exact) mass is 276 g/mol. The van der Waals surface area contributed by atoms with Crippen LogP contribution < -0.4 is 0 Å². The Morgan fingerprint density at radius 2 is 1.80 bits per heavy atom. The summed E-state index contributed by atoms with van der Waals surface area (Å²) in [7, 11) is 4.23. The molecule has 0 aromatic heterocycles. The molecule has 0 radical (unpaired) electrons. The Kier molecular flexibility index (Phi) is 5.58. The van der Waals surface area contributed by atoms with E-state index in [-0.39, 0.29) is 0 Å². The number of nitrogens with zero attached hydrogens (tertiary/aromatic N) is 2. The van der Waals surface area contributed by atoms with Gasteiger partial charge in [0, 0.05) is 32.8 Å². The number of hydrogen-bond donors (Lipinski definition) is 1. The van der Waals surface area contributed by atoms with Gasteiger partial charge in [0.15, 0.2) is 0 Å². The Hall–Kier alpha value is -0.900. The van der Waals surface area contributed by atoms with Crippen molar-refractivity contribution in [3.63, 3.8) is 0 Å². The molecule has 1 heterocycles. The summed E-state index contributed by atoms with van der Waals surface area (Å²) in [5, 5.41) is 9.59. The van der Waals surface area contributed by atoms with Gasteiger partial charge in [-0.25, -0.2) is 0 Å². The molecule has 0 spiro atoms. The third-order valence-corrected chi connectivity index (χ3v) is 4.38. The molecule has 1 N–H and O–H groups in total. The minimum Gasteiger partial charge on any atom is -0.396 e. The van der Waals surface area contributed by atoms with Crippen molar-refractivity contribution in [2.45, 2.75) is 19.9 Å². The highest BCUT2D eigenvalue weighted by Gasteiger charge is 2.32. The molecule has 0 amide bonds. The second-order valence-corrected chi connectivity index (χ2v) is 6.28. The molecule has 20 heavy (non-hydrogen) atoms. The first-order chi connectivity index (χ1) is 9.63. The van der Waals surface area contributed by atoms with Crippen molar-refractivity contribution in [1.82, 2.24) is 9.80 Å². The van der Waals surface area contributed by atoms with E-state index in [0.717, 1.165) is 32.6 Å². The van der Waals surface area contributed by atoms with Crippen LogP contribution in [0.25, 0.3) is 0 Å². The van der Waals surface area contributed by atoms with Gasteiger partial charge in [0.05, 0.1) is 0 Å². The van der Waals surface area contributed by atoms with Gasteiger partial charge in [0.25, 0.3) is 0 Å². The molecule has 1 aliphatic rings. The predicted octanol–water partition coefficient (Wildman–Crippen LogP) is 1.85. The molecular formula is C17H28N2O. The summed E-state index contributed by atoms with van der Waals surface area (Å²) in [5.41, 5.74) is 2.89. The normalized spacial score (nSPS) is 23.6. The average Bonchev–Trinajstić information content (AvgIpc) is 2.80. The highest BCUT2D eigenvalue weighted by Crippen LogP contribution is 2.26. The van der Waals surface area contributed by atoms with Crippen molar-refractivity contribution in [2.24, 2.45) is 11.8 Å². The number of rotatable bonds is 6. The van der Waals surface area contributed by atoms with Gasteiger partial charge in [-0.2, -0.15) is 0 Å². The molecular weight excluding hydrogens is 248 g/mol. The summed E-state index contributed by atoms with van der Waals surface area (Å²) >= 11 is 0. The predicted molar refractivity (Wildman–Crippen MR) is 83.7 cm³/mol. The van der Waals surface area contributed by atoms with Crippen molar-refractivity contribution >= 4 is 0 Å². The van der Waals surface area contributed by atoms with E-state index < -0.39 is 0 Å². The third kappa shape index (κ3) is 3.81. The number of likely N-dealkylation sites (tertiary alicyclic amines) is 1. The van der Waals surface area contributed by atoms with Crippen LogP contribution in [0.3, 0.4) is 0 Å². The van der Waals surface area contributed by atoms with E-state index in [9.17, 15) is 5.11 Å². The standard InChI is InChI=1S/C17H28N2O/c1-4-14-7-5-6-8-15(14)10-19-11-16(9-18(2)3)17(12-19)13-20/h5-8,16-17,20H,4,9-13H2,1-3H3. The van der Waals surface area contributed by atoms with Crippen molar-refractivity contribution in [3.05, 3.63) is 35.4 Å². The van der Waals surface area contributed by atoms with Gasteiger partial charge >= 0.3 is 0 Å². The molecule has 3 heteroatoms. The quantitative estimate of drug-likeness (QED) is 0.859. The molecule has 0 saturated carbocycles. The zero-order valence-corrected chi connectivity index (χ0v) is 13.0. The Labute approximate surface area is 123 Å². The fraction of sp³-hybridized carbons (Fsp3) is 0.647. The summed E-state index contributed by atoms with van der Waals surface area (Å²) in [6.07, 6.45) is 1.09. The van der Waals surface area contributed by atoms with Gasteiger partial charge in [0.1, 0.15) is 0 Å². The molecule has 112 valence electrons.